The summed E-state index contributed by atoms with van der Waals surface area (Å²) in [7, 11) is 0. The van der Waals surface area contributed by atoms with Gasteiger partial charge in [-0.2, -0.15) is 0 Å². The molecule has 0 radical (unpaired) electrons. The van der Waals surface area contributed by atoms with Gasteiger partial charge in [0, 0.05) is 30.2 Å². The summed E-state index contributed by atoms with van der Waals surface area (Å²) in [5, 5.41) is 1.28. The van der Waals surface area contributed by atoms with Gasteiger partial charge in [0.25, 0.3) is 0 Å². The predicted octanol–water partition coefficient (Wildman–Crippen LogP) is 5.06. The Morgan fingerprint density at radius 3 is 2.64 bits per heavy atom. The standard InChI is InChI=1S/C23H22N2/c1-2-6-17(7-3-1)16-25-19-10-11-20(25)15-18(14-19)21-12-13-24-23-9-5-4-8-22(21)23/h1-9,12-14,19-20H,10-11,15-16H2. The van der Waals surface area contributed by atoms with E-state index in [9.17, 15) is 0 Å². The predicted molar refractivity (Wildman–Crippen MR) is 103 cm³/mol. The second-order valence-corrected chi connectivity index (χ2v) is 7.23. The first-order valence-corrected chi connectivity index (χ1v) is 9.23. The van der Waals surface area contributed by atoms with E-state index < -0.39 is 0 Å². The lowest BCUT2D eigenvalue weighted by Crippen LogP contribution is -2.37. The molecule has 2 aliphatic rings. The van der Waals surface area contributed by atoms with E-state index in [0.717, 1.165) is 18.5 Å². The lowest BCUT2D eigenvalue weighted by atomic mass is 9.92. The Hall–Kier alpha value is -2.45. The molecule has 2 aliphatic heterocycles. The van der Waals surface area contributed by atoms with E-state index in [1.54, 1.807) is 0 Å². The van der Waals surface area contributed by atoms with Crippen molar-refractivity contribution in [3.63, 3.8) is 0 Å². The van der Waals surface area contributed by atoms with Crippen molar-refractivity contribution < 1.29 is 0 Å². The molecule has 2 nitrogen and oxygen atoms in total. The minimum atomic E-state index is 0.570. The summed E-state index contributed by atoms with van der Waals surface area (Å²) < 4.78 is 0. The third-order valence-corrected chi connectivity index (χ3v) is 5.74. The largest absolute Gasteiger partial charge is 0.289 e. The van der Waals surface area contributed by atoms with Crippen molar-refractivity contribution in [2.75, 3.05) is 0 Å². The number of nitrogens with zero attached hydrogens (tertiary/aromatic N) is 2. The van der Waals surface area contributed by atoms with E-state index in [4.69, 9.17) is 0 Å². The van der Waals surface area contributed by atoms with Gasteiger partial charge in [0.05, 0.1) is 5.52 Å². The summed E-state index contributed by atoms with van der Waals surface area (Å²) in [6.07, 6.45) is 8.22. The Balaban J connectivity index is 1.48. The summed E-state index contributed by atoms with van der Waals surface area (Å²) in [4.78, 5) is 7.22. The summed E-state index contributed by atoms with van der Waals surface area (Å²) in [6.45, 7) is 1.07. The Kier molecular flexibility index (Phi) is 3.64. The molecule has 3 heterocycles. The van der Waals surface area contributed by atoms with Crippen molar-refractivity contribution in [1.82, 2.24) is 9.88 Å². The van der Waals surface area contributed by atoms with E-state index in [1.807, 2.05) is 6.20 Å². The minimum absolute atomic E-state index is 0.570. The molecule has 0 aliphatic carbocycles. The number of hydrogen-bond acceptors (Lipinski definition) is 2. The average Bonchev–Trinajstić information content (AvgIpc) is 2.90. The number of fused-ring (bicyclic) bond motifs is 3. The van der Waals surface area contributed by atoms with Crippen molar-refractivity contribution in [2.24, 2.45) is 0 Å². The molecule has 1 aromatic heterocycles. The first-order valence-electron chi connectivity index (χ1n) is 9.23. The van der Waals surface area contributed by atoms with Crippen molar-refractivity contribution in [2.45, 2.75) is 37.9 Å². The molecule has 1 saturated heterocycles. The molecule has 0 N–H and O–H groups in total. The first kappa shape index (κ1) is 14.9. The van der Waals surface area contributed by atoms with Gasteiger partial charge in [-0.15, -0.1) is 0 Å². The molecule has 0 amide bonds. The highest BCUT2D eigenvalue weighted by molar-refractivity contribution is 5.91. The van der Waals surface area contributed by atoms with Gasteiger partial charge < -0.3 is 0 Å². The molecular formula is C23H22N2. The average molecular weight is 326 g/mol. The van der Waals surface area contributed by atoms with Crippen LogP contribution in [0.5, 0.6) is 0 Å². The molecule has 5 rings (SSSR count). The van der Waals surface area contributed by atoms with Gasteiger partial charge in [-0.1, -0.05) is 54.6 Å². The van der Waals surface area contributed by atoms with Gasteiger partial charge >= 0.3 is 0 Å². The zero-order chi connectivity index (χ0) is 16.6. The van der Waals surface area contributed by atoms with Crippen LogP contribution in [0.2, 0.25) is 0 Å². The molecule has 2 unspecified atom stereocenters. The van der Waals surface area contributed by atoms with Crippen molar-refractivity contribution >= 4 is 16.5 Å². The van der Waals surface area contributed by atoms with Crippen LogP contribution in [0.25, 0.3) is 16.5 Å². The lowest BCUT2D eigenvalue weighted by Gasteiger charge is -2.34. The van der Waals surface area contributed by atoms with Gasteiger partial charge in [0.15, 0.2) is 0 Å². The fourth-order valence-electron chi connectivity index (χ4n) is 4.53. The van der Waals surface area contributed by atoms with E-state index in [2.05, 4.69) is 76.6 Å². The van der Waals surface area contributed by atoms with E-state index in [0.29, 0.717) is 12.1 Å². The maximum absolute atomic E-state index is 4.52. The van der Waals surface area contributed by atoms with Crippen molar-refractivity contribution in [3.8, 4) is 0 Å². The quantitative estimate of drug-likeness (QED) is 0.669. The van der Waals surface area contributed by atoms with Crippen LogP contribution in [0.1, 0.15) is 30.4 Å². The third kappa shape index (κ3) is 2.67. The third-order valence-electron chi connectivity index (χ3n) is 5.74. The second-order valence-electron chi connectivity index (χ2n) is 7.23. The molecule has 25 heavy (non-hydrogen) atoms. The number of para-hydroxylation sites is 1. The molecular weight excluding hydrogens is 304 g/mol. The van der Waals surface area contributed by atoms with Gasteiger partial charge in [0.2, 0.25) is 0 Å². The molecule has 0 spiro atoms. The highest BCUT2D eigenvalue weighted by atomic mass is 15.2. The fourth-order valence-corrected chi connectivity index (χ4v) is 4.53. The molecule has 2 atom stereocenters. The molecule has 2 bridgehead atoms. The molecule has 2 heteroatoms. The highest BCUT2D eigenvalue weighted by Gasteiger charge is 2.36. The number of rotatable bonds is 3. The van der Waals surface area contributed by atoms with Gasteiger partial charge in [-0.3, -0.25) is 9.88 Å². The Bertz CT molecular complexity index is 924. The zero-order valence-corrected chi connectivity index (χ0v) is 14.3. The van der Waals surface area contributed by atoms with Crippen LogP contribution in [0.4, 0.5) is 0 Å². The van der Waals surface area contributed by atoms with E-state index in [-0.39, 0.29) is 0 Å². The first-order chi connectivity index (χ1) is 12.4. The van der Waals surface area contributed by atoms with E-state index in [1.165, 1.54) is 34.9 Å². The summed E-state index contributed by atoms with van der Waals surface area (Å²) in [6, 6.07) is 22.8. The molecule has 0 saturated carbocycles. The SMILES string of the molecule is C1=C(c2ccnc3ccccc23)CC2CCC1N2Cc1ccccc1. The monoisotopic (exact) mass is 326 g/mol. The maximum Gasteiger partial charge on any atom is 0.0708 e. The highest BCUT2D eigenvalue weighted by Crippen LogP contribution is 2.40. The van der Waals surface area contributed by atoms with Crippen LogP contribution >= 0.6 is 0 Å². The Labute approximate surface area is 148 Å². The maximum atomic E-state index is 4.52. The summed E-state index contributed by atoms with van der Waals surface area (Å²) >= 11 is 0. The van der Waals surface area contributed by atoms with Gasteiger partial charge in [-0.25, -0.2) is 0 Å². The van der Waals surface area contributed by atoms with Crippen LogP contribution in [0.3, 0.4) is 0 Å². The summed E-state index contributed by atoms with van der Waals surface area (Å²) in [5.74, 6) is 0. The number of benzene rings is 2. The summed E-state index contributed by atoms with van der Waals surface area (Å²) in [5.41, 5.74) is 5.41. The van der Waals surface area contributed by atoms with E-state index >= 15 is 0 Å². The van der Waals surface area contributed by atoms with Crippen LogP contribution in [0, 0.1) is 0 Å². The lowest BCUT2D eigenvalue weighted by molar-refractivity contribution is 0.203. The van der Waals surface area contributed by atoms with Gasteiger partial charge in [-0.05, 0) is 48.1 Å². The van der Waals surface area contributed by atoms with Crippen LogP contribution in [0.15, 0.2) is 72.9 Å². The Morgan fingerprint density at radius 2 is 1.76 bits per heavy atom. The fraction of sp³-hybridized carbons (Fsp3) is 0.261. The minimum Gasteiger partial charge on any atom is -0.289 e. The number of hydrogen-bond donors (Lipinski definition) is 0. The van der Waals surface area contributed by atoms with Crippen LogP contribution in [-0.4, -0.2) is 22.0 Å². The Morgan fingerprint density at radius 1 is 0.920 bits per heavy atom. The van der Waals surface area contributed by atoms with Crippen LogP contribution in [-0.2, 0) is 6.54 Å². The normalized spacial score (nSPS) is 23.0. The smallest absolute Gasteiger partial charge is 0.0708 e. The number of aromatic nitrogens is 1. The number of pyridine rings is 1. The van der Waals surface area contributed by atoms with Crippen LogP contribution < -0.4 is 0 Å². The van der Waals surface area contributed by atoms with Gasteiger partial charge in [0.1, 0.15) is 0 Å². The molecule has 124 valence electrons. The second kappa shape index (κ2) is 6.12. The molecule has 3 aromatic rings. The topological polar surface area (TPSA) is 16.1 Å². The zero-order valence-electron chi connectivity index (χ0n) is 14.3. The molecule has 1 fully saturated rings. The van der Waals surface area contributed by atoms with Crippen molar-refractivity contribution in [3.05, 3.63) is 84.1 Å². The molecule has 2 aromatic carbocycles. The van der Waals surface area contributed by atoms with Crippen molar-refractivity contribution in [1.29, 1.82) is 0 Å².